The van der Waals surface area contributed by atoms with Gasteiger partial charge in [0.15, 0.2) is 0 Å². The molecule has 114 valence electrons. The van der Waals surface area contributed by atoms with E-state index in [1.165, 1.54) is 6.07 Å². The number of hydrogen-bond donors (Lipinski definition) is 3. The summed E-state index contributed by atoms with van der Waals surface area (Å²) in [7, 11) is 0. The van der Waals surface area contributed by atoms with E-state index in [4.69, 9.17) is 5.11 Å². The summed E-state index contributed by atoms with van der Waals surface area (Å²) in [6, 6.07) is 11.7. The maximum Gasteiger partial charge on any atom is 0.303 e. The number of benzene rings is 2. The number of hydrogen-bond acceptors (Lipinski definition) is 3. The highest BCUT2D eigenvalue weighted by molar-refractivity contribution is 6.06. The van der Waals surface area contributed by atoms with Crippen molar-refractivity contribution in [3.8, 4) is 5.75 Å². The van der Waals surface area contributed by atoms with Gasteiger partial charge in [-0.1, -0.05) is 24.3 Å². The normalized spacial score (nSPS) is 10.2. The summed E-state index contributed by atoms with van der Waals surface area (Å²) in [4.78, 5) is 22.7. The largest absolute Gasteiger partial charge is 0.507 e. The van der Waals surface area contributed by atoms with Crippen molar-refractivity contribution >= 4 is 17.6 Å². The van der Waals surface area contributed by atoms with Gasteiger partial charge in [0.25, 0.3) is 5.91 Å². The lowest BCUT2D eigenvalue weighted by Gasteiger charge is -2.11. The quantitative estimate of drug-likeness (QED) is 0.792. The van der Waals surface area contributed by atoms with Crippen molar-refractivity contribution in [2.45, 2.75) is 19.8 Å². The lowest BCUT2D eigenvalue weighted by atomic mass is 10.1. The number of carboxylic acids is 1. The van der Waals surface area contributed by atoms with Gasteiger partial charge in [-0.3, -0.25) is 9.59 Å². The number of para-hydroxylation sites is 1. The minimum atomic E-state index is -0.838. The van der Waals surface area contributed by atoms with Crippen molar-refractivity contribution in [2.75, 3.05) is 5.32 Å². The van der Waals surface area contributed by atoms with Crippen molar-refractivity contribution in [2.24, 2.45) is 0 Å². The van der Waals surface area contributed by atoms with Gasteiger partial charge in [-0.25, -0.2) is 0 Å². The first-order valence-electron chi connectivity index (χ1n) is 6.88. The molecule has 0 spiro atoms. The lowest BCUT2D eigenvalue weighted by molar-refractivity contribution is -0.136. The molecule has 0 radical (unpaired) electrons. The first-order valence-corrected chi connectivity index (χ1v) is 6.88. The number of amides is 1. The Balaban J connectivity index is 2.12. The summed E-state index contributed by atoms with van der Waals surface area (Å²) in [6.07, 6.45) is 0.521. The number of phenols is 1. The molecule has 2 rings (SSSR count). The van der Waals surface area contributed by atoms with Crippen LogP contribution in [0.2, 0.25) is 0 Å². The fraction of sp³-hybridized carbons (Fsp3) is 0.176. The monoisotopic (exact) mass is 299 g/mol. The van der Waals surface area contributed by atoms with Crippen LogP contribution in [0.15, 0.2) is 42.5 Å². The molecule has 0 aliphatic carbocycles. The highest BCUT2D eigenvalue weighted by Crippen LogP contribution is 2.21. The van der Waals surface area contributed by atoms with E-state index < -0.39 is 5.97 Å². The summed E-state index contributed by atoms with van der Waals surface area (Å²) in [5, 5.41) is 21.1. The molecule has 0 fully saturated rings. The number of nitrogens with one attached hydrogen (secondary N) is 1. The molecule has 0 atom stereocenters. The molecule has 2 aromatic rings. The summed E-state index contributed by atoms with van der Waals surface area (Å²) in [5.74, 6) is -1.30. The number of carbonyl (C=O) groups is 2. The van der Waals surface area contributed by atoms with Gasteiger partial charge in [-0.2, -0.15) is 0 Å². The molecule has 0 aromatic heterocycles. The number of carboxylic acid groups (broad SMARTS) is 1. The van der Waals surface area contributed by atoms with Crippen LogP contribution < -0.4 is 5.32 Å². The van der Waals surface area contributed by atoms with E-state index in [-0.39, 0.29) is 23.6 Å². The SMILES string of the molecule is Cc1cc(CCC(=O)O)ccc1NC(=O)c1ccccc1O. The molecule has 0 saturated carbocycles. The van der Waals surface area contributed by atoms with Crippen molar-refractivity contribution in [3.05, 3.63) is 59.2 Å². The fourth-order valence-corrected chi connectivity index (χ4v) is 2.13. The molecule has 0 saturated heterocycles. The molecule has 2 aromatic carbocycles. The summed E-state index contributed by atoms with van der Waals surface area (Å²) in [6.45, 7) is 1.84. The van der Waals surface area contributed by atoms with E-state index in [0.717, 1.165) is 11.1 Å². The fourth-order valence-electron chi connectivity index (χ4n) is 2.13. The predicted octanol–water partition coefficient (Wildman–Crippen LogP) is 2.97. The lowest BCUT2D eigenvalue weighted by Crippen LogP contribution is -2.13. The molecule has 0 unspecified atom stereocenters. The van der Waals surface area contributed by atoms with Crippen molar-refractivity contribution in [1.29, 1.82) is 0 Å². The van der Waals surface area contributed by atoms with Crippen LogP contribution in [0.1, 0.15) is 27.9 Å². The van der Waals surface area contributed by atoms with Crippen LogP contribution in [-0.4, -0.2) is 22.1 Å². The van der Waals surface area contributed by atoms with Gasteiger partial charge in [0, 0.05) is 12.1 Å². The van der Waals surface area contributed by atoms with Gasteiger partial charge < -0.3 is 15.5 Å². The van der Waals surface area contributed by atoms with Gasteiger partial charge in [-0.15, -0.1) is 0 Å². The number of rotatable bonds is 5. The minimum absolute atomic E-state index is 0.0725. The average Bonchev–Trinajstić information content (AvgIpc) is 2.48. The Hall–Kier alpha value is -2.82. The van der Waals surface area contributed by atoms with E-state index in [9.17, 15) is 14.7 Å². The van der Waals surface area contributed by atoms with Crippen molar-refractivity contribution in [3.63, 3.8) is 0 Å². The zero-order chi connectivity index (χ0) is 16.1. The molecule has 22 heavy (non-hydrogen) atoms. The third kappa shape index (κ3) is 3.85. The third-order valence-electron chi connectivity index (χ3n) is 3.32. The first kappa shape index (κ1) is 15.6. The Kier molecular flexibility index (Phi) is 4.78. The van der Waals surface area contributed by atoms with E-state index in [0.29, 0.717) is 12.1 Å². The third-order valence-corrected chi connectivity index (χ3v) is 3.32. The van der Waals surface area contributed by atoms with Gasteiger partial charge in [0.1, 0.15) is 5.75 Å². The minimum Gasteiger partial charge on any atom is -0.507 e. The molecule has 0 aliphatic heterocycles. The van der Waals surface area contributed by atoms with Crippen LogP contribution in [0.4, 0.5) is 5.69 Å². The van der Waals surface area contributed by atoms with E-state index >= 15 is 0 Å². The van der Waals surface area contributed by atoms with Crippen LogP contribution in [0.25, 0.3) is 0 Å². The molecule has 0 heterocycles. The molecule has 5 nitrogen and oxygen atoms in total. The van der Waals surface area contributed by atoms with Crippen molar-refractivity contribution < 1.29 is 19.8 Å². The second kappa shape index (κ2) is 6.76. The highest BCUT2D eigenvalue weighted by Gasteiger charge is 2.11. The second-order valence-electron chi connectivity index (χ2n) is 5.01. The molecule has 0 bridgehead atoms. The Morgan fingerprint density at radius 3 is 2.50 bits per heavy atom. The summed E-state index contributed by atoms with van der Waals surface area (Å²) in [5.41, 5.74) is 2.58. The molecule has 3 N–H and O–H groups in total. The predicted molar refractivity (Wildman–Crippen MR) is 83.2 cm³/mol. The standard InChI is InChI=1S/C17H17NO4/c1-11-10-12(7-9-16(20)21)6-8-14(11)18-17(22)13-4-2-3-5-15(13)19/h2-6,8,10,19H,7,9H2,1H3,(H,18,22)(H,20,21). The molecular formula is C17H17NO4. The van der Waals surface area contributed by atoms with Crippen LogP contribution in [-0.2, 0) is 11.2 Å². The van der Waals surface area contributed by atoms with Crippen LogP contribution in [0.3, 0.4) is 0 Å². The topological polar surface area (TPSA) is 86.6 Å². The van der Waals surface area contributed by atoms with Crippen LogP contribution in [0.5, 0.6) is 5.75 Å². The van der Waals surface area contributed by atoms with Gasteiger partial charge in [0.05, 0.1) is 5.56 Å². The van der Waals surface area contributed by atoms with Gasteiger partial charge >= 0.3 is 5.97 Å². The Bertz CT molecular complexity index is 710. The first-order chi connectivity index (χ1) is 10.5. The maximum atomic E-state index is 12.1. The van der Waals surface area contributed by atoms with Crippen LogP contribution >= 0.6 is 0 Å². The molecular weight excluding hydrogens is 282 g/mol. The van der Waals surface area contributed by atoms with E-state index in [1.54, 1.807) is 30.3 Å². The Morgan fingerprint density at radius 1 is 1.14 bits per heavy atom. The molecule has 1 amide bonds. The number of aromatic hydroxyl groups is 1. The zero-order valence-electron chi connectivity index (χ0n) is 12.2. The Labute approximate surface area is 128 Å². The van der Waals surface area contributed by atoms with Gasteiger partial charge in [0.2, 0.25) is 0 Å². The number of phenolic OH excluding ortho intramolecular Hbond substituents is 1. The number of carbonyl (C=O) groups excluding carboxylic acids is 1. The number of anilines is 1. The number of aryl methyl sites for hydroxylation is 2. The van der Waals surface area contributed by atoms with Crippen molar-refractivity contribution in [1.82, 2.24) is 0 Å². The average molecular weight is 299 g/mol. The molecule has 5 heteroatoms. The summed E-state index contributed by atoms with van der Waals surface area (Å²) < 4.78 is 0. The Morgan fingerprint density at radius 2 is 1.86 bits per heavy atom. The zero-order valence-corrected chi connectivity index (χ0v) is 12.2. The number of aliphatic carboxylic acids is 1. The second-order valence-corrected chi connectivity index (χ2v) is 5.01. The summed E-state index contributed by atoms with van der Waals surface area (Å²) >= 11 is 0. The highest BCUT2D eigenvalue weighted by atomic mass is 16.4. The van der Waals surface area contributed by atoms with Gasteiger partial charge in [-0.05, 0) is 42.7 Å². The van der Waals surface area contributed by atoms with Crippen LogP contribution in [0, 0.1) is 6.92 Å². The smallest absolute Gasteiger partial charge is 0.303 e. The van der Waals surface area contributed by atoms with E-state index in [2.05, 4.69) is 5.32 Å². The maximum absolute atomic E-state index is 12.1. The molecule has 0 aliphatic rings. The van der Waals surface area contributed by atoms with E-state index in [1.807, 2.05) is 13.0 Å².